The van der Waals surface area contributed by atoms with Crippen LogP contribution in [0.3, 0.4) is 0 Å². The molecule has 0 atom stereocenters. The van der Waals surface area contributed by atoms with Gasteiger partial charge in [0.1, 0.15) is 0 Å². The fourth-order valence-corrected chi connectivity index (χ4v) is 2.99. The second kappa shape index (κ2) is 9.02. The Kier molecular flexibility index (Phi) is 6.23. The monoisotopic (exact) mass is 348 g/mol. The molecule has 4 nitrogen and oxygen atoms in total. The van der Waals surface area contributed by atoms with Crippen molar-refractivity contribution < 1.29 is 9.84 Å². The zero-order valence-electron chi connectivity index (χ0n) is 15.0. The first kappa shape index (κ1) is 18.0. The summed E-state index contributed by atoms with van der Waals surface area (Å²) in [5.74, 6) is 0.726. The molecule has 2 aromatic carbocycles. The van der Waals surface area contributed by atoms with Gasteiger partial charge >= 0.3 is 0 Å². The van der Waals surface area contributed by atoms with E-state index < -0.39 is 0 Å². The van der Waals surface area contributed by atoms with Crippen LogP contribution in [-0.2, 0) is 19.5 Å². The minimum atomic E-state index is 0.217. The van der Waals surface area contributed by atoms with E-state index in [1.165, 1.54) is 11.1 Å². The standard InChI is InChI=1S/C22H24N2O2/c1-26-21-9-5-8-20(22(21)25)17-24(16-19-10-13-23-14-11-19)15-12-18-6-3-2-4-7-18/h2-11,13-14,25H,12,15-17H2,1H3. The quantitative estimate of drug-likeness (QED) is 0.667. The van der Waals surface area contributed by atoms with Gasteiger partial charge in [0.25, 0.3) is 0 Å². The maximum atomic E-state index is 10.4. The molecule has 0 fully saturated rings. The van der Waals surface area contributed by atoms with Gasteiger partial charge in [-0.15, -0.1) is 0 Å². The van der Waals surface area contributed by atoms with Gasteiger partial charge in [-0.05, 0) is 35.7 Å². The van der Waals surface area contributed by atoms with Gasteiger partial charge in [0.2, 0.25) is 0 Å². The van der Waals surface area contributed by atoms with Crippen molar-refractivity contribution in [1.82, 2.24) is 9.88 Å². The number of phenolic OH excluding ortho intramolecular Hbond substituents is 1. The predicted octanol–water partition coefficient (Wildman–Crippen LogP) is 4.04. The molecule has 3 aromatic rings. The lowest BCUT2D eigenvalue weighted by molar-refractivity contribution is 0.255. The highest BCUT2D eigenvalue weighted by Gasteiger charge is 2.13. The average molecular weight is 348 g/mol. The number of methoxy groups -OCH3 is 1. The third-order valence-corrected chi connectivity index (χ3v) is 4.41. The van der Waals surface area contributed by atoms with Gasteiger partial charge in [-0.25, -0.2) is 0 Å². The average Bonchev–Trinajstić information content (AvgIpc) is 2.69. The second-order valence-corrected chi connectivity index (χ2v) is 6.27. The number of hydrogen-bond acceptors (Lipinski definition) is 4. The summed E-state index contributed by atoms with van der Waals surface area (Å²) in [5.41, 5.74) is 3.38. The molecule has 0 aliphatic rings. The Balaban J connectivity index is 1.76. The number of ether oxygens (including phenoxy) is 1. The highest BCUT2D eigenvalue weighted by Crippen LogP contribution is 2.30. The molecule has 0 saturated carbocycles. The first-order valence-electron chi connectivity index (χ1n) is 8.76. The van der Waals surface area contributed by atoms with Gasteiger partial charge < -0.3 is 9.84 Å². The van der Waals surface area contributed by atoms with E-state index >= 15 is 0 Å². The van der Waals surface area contributed by atoms with E-state index in [1.54, 1.807) is 13.2 Å². The van der Waals surface area contributed by atoms with Crippen LogP contribution < -0.4 is 4.74 Å². The van der Waals surface area contributed by atoms with Gasteiger partial charge in [-0.2, -0.15) is 0 Å². The van der Waals surface area contributed by atoms with Crippen LogP contribution in [0.1, 0.15) is 16.7 Å². The number of phenols is 1. The summed E-state index contributed by atoms with van der Waals surface area (Å²) >= 11 is 0. The second-order valence-electron chi connectivity index (χ2n) is 6.27. The maximum absolute atomic E-state index is 10.4. The van der Waals surface area contributed by atoms with Crippen molar-refractivity contribution in [3.8, 4) is 11.5 Å². The maximum Gasteiger partial charge on any atom is 0.162 e. The van der Waals surface area contributed by atoms with Crippen LogP contribution in [0.2, 0.25) is 0 Å². The van der Waals surface area contributed by atoms with E-state index in [0.29, 0.717) is 12.3 Å². The fourth-order valence-electron chi connectivity index (χ4n) is 2.99. The highest BCUT2D eigenvalue weighted by atomic mass is 16.5. The summed E-state index contributed by atoms with van der Waals surface area (Å²) in [4.78, 5) is 6.42. The smallest absolute Gasteiger partial charge is 0.162 e. The van der Waals surface area contributed by atoms with E-state index in [0.717, 1.165) is 25.1 Å². The lowest BCUT2D eigenvalue weighted by Crippen LogP contribution is -2.25. The summed E-state index contributed by atoms with van der Waals surface area (Å²) in [6.45, 7) is 2.34. The third kappa shape index (κ3) is 4.83. The molecule has 134 valence electrons. The number of hydrogen-bond donors (Lipinski definition) is 1. The molecule has 0 amide bonds. The summed E-state index contributed by atoms with van der Waals surface area (Å²) in [6.07, 6.45) is 4.58. The molecule has 0 aliphatic heterocycles. The lowest BCUT2D eigenvalue weighted by atomic mass is 10.1. The Morgan fingerprint density at radius 1 is 0.885 bits per heavy atom. The molecule has 1 aromatic heterocycles. The van der Waals surface area contributed by atoms with Crippen molar-refractivity contribution >= 4 is 0 Å². The molecule has 1 heterocycles. The molecule has 0 unspecified atom stereocenters. The zero-order chi connectivity index (χ0) is 18.2. The minimum absolute atomic E-state index is 0.217. The molecule has 0 radical (unpaired) electrons. The number of para-hydroxylation sites is 1. The molecule has 0 saturated heterocycles. The van der Waals surface area contributed by atoms with Crippen molar-refractivity contribution in [2.45, 2.75) is 19.5 Å². The summed E-state index contributed by atoms with van der Waals surface area (Å²) in [5, 5.41) is 10.4. The van der Waals surface area contributed by atoms with Gasteiger partial charge in [0.05, 0.1) is 7.11 Å². The van der Waals surface area contributed by atoms with Crippen molar-refractivity contribution in [3.63, 3.8) is 0 Å². The molecular formula is C22H24N2O2. The predicted molar refractivity (Wildman–Crippen MR) is 103 cm³/mol. The molecule has 3 rings (SSSR count). The van der Waals surface area contributed by atoms with Crippen molar-refractivity contribution in [1.29, 1.82) is 0 Å². The number of aromatic nitrogens is 1. The molecule has 4 heteroatoms. The number of benzene rings is 2. The Bertz CT molecular complexity index is 807. The van der Waals surface area contributed by atoms with E-state index in [2.05, 4.69) is 34.1 Å². The summed E-state index contributed by atoms with van der Waals surface area (Å²) in [6, 6.07) is 20.1. The van der Waals surface area contributed by atoms with Gasteiger partial charge in [-0.1, -0.05) is 42.5 Å². The van der Waals surface area contributed by atoms with Crippen LogP contribution in [0.4, 0.5) is 0 Å². The normalized spacial score (nSPS) is 10.8. The Hall–Kier alpha value is -2.85. The van der Waals surface area contributed by atoms with Crippen LogP contribution in [0.15, 0.2) is 73.1 Å². The van der Waals surface area contributed by atoms with Crippen molar-refractivity contribution in [2.24, 2.45) is 0 Å². The van der Waals surface area contributed by atoms with Crippen LogP contribution >= 0.6 is 0 Å². The Morgan fingerprint density at radius 2 is 1.65 bits per heavy atom. The molecule has 0 spiro atoms. The molecule has 0 aliphatic carbocycles. The number of aromatic hydroxyl groups is 1. The third-order valence-electron chi connectivity index (χ3n) is 4.41. The van der Waals surface area contributed by atoms with E-state index in [9.17, 15) is 5.11 Å². The largest absolute Gasteiger partial charge is 0.504 e. The van der Waals surface area contributed by atoms with E-state index in [-0.39, 0.29) is 5.75 Å². The number of pyridine rings is 1. The van der Waals surface area contributed by atoms with E-state index in [1.807, 2.05) is 42.7 Å². The highest BCUT2D eigenvalue weighted by molar-refractivity contribution is 5.45. The molecular weight excluding hydrogens is 324 g/mol. The molecule has 1 N–H and O–H groups in total. The number of rotatable bonds is 8. The summed E-state index contributed by atoms with van der Waals surface area (Å²) in [7, 11) is 1.57. The topological polar surface area (TPSA) is 45.6 Å². The Morgan fingerprint density at radius 3 is 2.38 bits per heavy atom. The van der Waals surface area contributed by atoms with Gasteiger partial charge in [-0.3, -0.25) is 9.88 Å². The first-order valence-corrected chi connectivity index (χ1v) is 8.76. The van der Waals surface area contributed by atoms with Crippen LogP contribution in [-0.4, -0.2) is 28.6 Å². The van der Waals surface area contributed by atoms with Crippen molar-refractivity contribution in [3.05, 3.63) is 89.7 Å². The fraction of sp³-hybridized carbons (Fsp3) is 0.227. The first-order chi connectivity index (χ1) is 12.8. The molecule has 26 heavy (non-hydrogen) atoms. The molecule has 0 bridgehead atoms. The van der Waals surface area contributed by atoms with Gasteiger partial charge in [0, 0.05) is 37.6 Å². The lowest BCUT2D eigenvalue weighted by Gasteiger charge is -2.23. The number of nitrogens with zero attached hydrogens (tertiary/aromatic N) is 2. The minimum Gasteiger partial charge on any atom is -0.504 e. The van der Waals surface area contributed by atoms with Crippen LogP contribution in [0.5, 0.6) is 11.5 Å². The van der Waals surface area contributed by atoms with E-state index in [4.69, 9.17) is 4.74 Å². The zero-order valence-corrected chi connectivity index (χ0v) is 15.0. The van der Waals surface area contributed by atoms with Crippen LogP contribution in [0.25, 0.3) is 0 Å². The van der Waals surface area contributed by atoms with Crippen molar-refractivity contribution in [2.75, 3.05) is 13.7 Å². The summed E-state index contributed by atoms with van der Waals surface area (Å²) < 4.78 is 5.24. The van der Waals surface area contributed by atoms with Crippen LogP contribution in [0, 0.1) is 0 Å². The van der Waals surface area contributed by atoms with Gasteiger partial charge in [0.15, 0.2) is 11.5 Å². The SMILES string of the molecule is COc1cccc(CN(CCc2ccccc2)Cc2ccncc2)c1O. The Labute approximate surface area is 154 Å².